The van der Waals surface area contributed by atoms with Gasteiger partial charge in [0, 0.05) is 33.1 Å². The Balaban J connectivity index is 0.00000162. The monoisotopic (exact) mass is 311 g/mol. The van der Waals surface area contributed by atoms with Crippen molar-refractivity contribution in [2.24, 2.45) is 5.92 Å². The normalized spacial score (nSPS) is 24.9. The van der Waals surface area contributed by atoms with Crippen LogP contribution in [0, 0.1) is 5.92 Å². The van der Waals surface area contributed by atoms with Gasteiger partial charge in [0.1, 0.15) is 0 Å². The highest BCUT2D eigenvalue weighted by Crippen LogP contribution is 2.13. The lowest BCUT2D eigenvalue weighted by Crippen LogP contribution is -2.40. The molecule has 0 aromatic carbocycles. The van der Waals surface area contributed by atoms with Crippen LogP contribution in [0.2, 0.25) is 0 Å². The highest BCUT2D eigenvalue weighted by molar-refractivity contribution is 5.85. The summed E-state index contributed by atoms with van der Waals surface area (Å²) in [5.41, 5.74) is 0. The summed E-state index contributed by atoms with van der Waals surface area (Å²) in [5, 5.41) is 3.48. The maximum atomic E-state index is 11.3. The van der Waals surface area contributed by atoms with Gasteiger partial charge in [-0.05, 0) is 44.8 Å². The molecule has 2 aliphatic rings. The van der Waals surface area contributed by atoms with Crippen molar-refractivity contribution in [3.8, 4) is 0 Å². The number of piperidine rings is 1. The van der Waals surface area contributed by atoms with E-state index < -0.39 is 0 Å². The molecule has 2 heterocycles. The van der Waals surface area contributed by atoms with Crippen LogP contribution in [0.5, 0.6) is 0 Å². The second kappa shape index (κ2) is 9.81. The molecular formula is C13H27Cl2N3O. The molecule has 0 aliphatic carbocycles. The Hall–Kier alpha value is -0.0300. The van der Waals surface area contributed by atoms with E-state index in [2.05, 4.69) is 10.2 Å². The van der Waals surface area contributed by atoms with Crippen molar-refractivity contribution in [1.29, 1.82) is 0 Å². The van der Waals surface area contributed by atoms with Gasteiger partial charge in [-0.15, -0.1) is 24.8 Å². The van der Waals surface area contributed by atoms with E-state index in [9.17, 15) is 4.79 Å². The molecule has 19 heavy (non-hydrogen) atoms. The molecule has 2 saturated heterocycles. The quantitative estimate of drug-likeness (QED) is 0.837. The first-order valence-electron chi connectivity index (χ1n) is 6.94. The molecule has 114 valence electrons. The first-order chi connectivity index (χ1) is 8.25. The average molecular weight is 312 g/mol. The number of carbonyl (C=O) groups is 1. The number of amides is 1. The van der Waals surface area contributed by atoms with E-state index in [0.29, 0.717) is 0 Å². The topological polar surface area (TPSA) is 35.6 Å². The Morgan fingerprint density at radius 1 is 1.16 bits per heavy atom. The first-order valence-corrected chi connectivity index (χ1v) is 6.94. The first kappa shape index (κ1) is 19.0. The molecule has 0 radical (unpaired) electrons. The Labute approximate surface area is 129 Å². The van der Waals surface area contributed by atoms with Crippen molar-refractivity contribution in [2.75, 3.05) is 45.8 Å². The fraction of sp³-hybridized carbons (Fsp3) is 0.923. The summed E-state index contributed by atoms with van der Waals surface area (Å²) in [6.07, 6.45) is 3.80. The van der Waals surface area contributed by atoms with Crippen LogP contribution in [0.3, 0.4) is 0 Å². The standard InChI is InChI=1S/C13H25N3O.2ClH/c1-12(17)16-7-3-6-15(8-9-16)11-13-4-2-5-14-10-13;;/h13-14H,2-11H2,1H3;2*1H. The van der Waals surface area contributed by atoms with Gasteiger partial charge in [-0.1, -0.05) is 0 Å². The zero-order chi connectivity index (χ0) is 12.1. The number of rotatable bonds is 2. The molecule has 2 rings (SSSR count). The molecule has 0 aromatic heterocycles. The summed E-state index contributed by atoms with van der Waals surface area (Å²) in [6, 6.07) is 0. The van der Waals surface area contributed by atoms with Crippen molar-refractivity contribution in [3.05, 3.63) is 0 Å². The Kier molecular flexibility index (Phi) is 9.79. The van der Waals surface area contributed by atoms with Crippen molar-refractivity contribution in [3.63, 3.8) is 0 Å². The molecular weight excluding hydrogens is 285 g/mol. The van der Waals surface area contributed by atoms with Crippen LogP contribution in [-0.2, 0) is 4.79 Å². The predicted molar refractivity (Wildman–Crippen MR) is 83.4 cm³/mol. The van der Waals surface area contributed by atoms with Crippen LogP contribution in [0.1, 0.15) is 26.2 Å². The number of nitrogens with zero attached hydrogens (tertiary/aromatic N) is 2. The third-order valence-corrected chi connectivity index (χ3v) is 3.95. The highest BCUT2D eigenvalue weighted by atomic mass is 35.5. The van der Waals surface area contributed by atoms with E-state index in [0.717, 1.165) is 38.5 Å². The summed E-state index contributed by atoms with van der Waals surface area (Å²) in [7, 11) is 0. The molecule has 2 aliphatic heterocycles. The number of nitrogens with one attached hydrogen (secondary N) is 1. The van der Waals surface area contributed by atoms with Gasteiger partial charge in [0.05, 0.1) is 0 Å². The molecule has 1 atom stereocenters. The lowest BCUT2D eigenvalue weighted by molar-refractivity contribution is -0.128. The molecule has 1 unspecified atom stereocenters. The molecule has 0 saturated carbocycles. The minimum atomic E-state index is 0. The van der Waals surface area contributed by atoms with Crippen LogP contribution in [0.15, 0.2) is 0 Å². The van der Waals surface area contributed by atoms with Gasteiger partial charge >= 0.3 is 0 Å². The third-order valence-electron chi connectivity index (χ3n) is 3.95. The minimum absolute atomic E-state index is 0. The van der Waals surface area contributed by atoms with Gasteiger partial charge in [0.15, 0.2) is 0 Å². The molecule has 0 spiro atoms. The van der Waals surface area contributed by atoms with Crippen LogP contribution in [0.4, 0.5) is 0 Å². The molecule has 2 fully saturated rings. The minimum Gasteiger partial charge on any atom is -0.342 e. The van der Waals surface area contributed by atoms with Crippen LogP contribution >= 0.6 is 24.8 Å². The summed E-state index contributed by atoms with van der Waals surface area (Å²) in [5.74, 6) is 1.04. The van der Waals surface area contributed by atoms with E-state index in [-0.39, 0.29) is 30.7 Å². The van der Waals surface area contributed by atoms with Gasteiger partial charge < -0.3 is 15.1 Å². The van der Waals surface area contributed by atoms with Crippen LogP contribution in [0.25, 0.3) is 0 Å². The number of hydrogen-bond acceptors (Lipinski definition) is 3. The zero-order valence-corrected chi connectivity index (χ0v) is 13.4. The molecule has 4 nitrogen and oxygen atoms in total. The van der Waals surface area contributed by atoms with Crippen molar-refractivity contribution in [2.45, 2.75) is 26.2 Å². The van der Waals surface area contributed by atoms with E-state index >= 15 is 0 Å². The van der Waals surface area contributed by atoms with Gasteiger partial charge in [-0.2, -0.15) is 0 Å². The van der Waals surface area contributed by atoms with Gasteiger partial charge in [-0.3, -0.25) is 4.79 Å². The second-order valence-electron chi connectivity index (χ2n) is 5.37. The van der Waals surface area contributed by atoms with E-state index in [4.69, 9.17) is 0 Å². The number of halogens is 2. The summed E-state index contributed by atoms with van der Waals surface area (Å²) in [4.78, 5) is 15.9. The SMILES string of the molecule is CC(=O)N1CCCN(CC2CCCNC2)CC1.Cl.Cl. The highest BCUT2D eigenvalue weighted by Gasteiger charge is 2.20. The third kappa shape index (κ3) is 6.30. The largest absolute Gasteiger partial charge is 0.342 e. The fourth-order valence-corrected chi connectivity index (χ4v) is 2.91. The van der Waals surface area contributed by atoms with E-state index in [1.807, 2.05) is 4.90 Å². The molecule has 0 aromatic rings. The Morgan fingerprint density at radius 3 is 2.58 bits per heavy atom. The average Bonchev–Trinajstić information content (AvgIpc) is 2.56. The lowest BCUT2D eigenvalue weighted by atomic mass is 9.99. The summed E-state index contributed by atoms with van der Waals surface area (Å²) < 4.78 is 0. The van der Waals surface area contributed by atoms with Gasteiger partial charge in [0.2, 0.25) is 5.91 Å². The van der Waals surface area contributed by atoms with Gasteiger partial charge in [0.25, 0.3) is 0 Å². The van der Waals surface area contributed by atoms with E-state index in [1.54, 1.807) is 6.92 Å². The number of hydrogen-bond donors (Lipinski definition) is 1. The molecule has 6 heteroatoms. The molecule has 1 amide bonds. The van der Waals surface area contributed by atoms with Crippen molar-refractivity contribution in [1.82, 2.24) is 15.1 Å². The predicted octanol–water partition coefficient (Wildman–Crippen LogP) is 1.38. The fourth-order valence-electron chi connectivity index (χ4n) is 2.91. The zero-order valence-electron chi connectivity index (χ0n) is 11.8. The van der Waals surface area contributed by atoms with E-state index in [1.165, 1.54) is 32.5 Å². The Bertz CT molecular complexity index is 260. The van der Waals surface area contributed by atoms with Crippen molar-refractivity contribution >= 4 is 30.7 Å². The number of carbonyl (C=O) groups excluding carboxylic acids is 1. The van der Waals surface area contributed by atoms with Crippen molar-refractivity contribution < 1.29 is 4.79 Å². The van der Waals surface area contributed by atoms with Crippen LogP contribution in [-0.4, -0.2) is 61.5 Å². The maximum absolute atomic E-state index is 11.3. The lowest BCUT2D eigenvalue weighted by Gasteiger charge is -2.29. The molecule has 0 bridgehead atoms. The maximum Gasteiger partial charge on any atom is 0.219 e. The van der Waals surface area contributed by atoms with Gasteiger partial charge in [-0.25, -0.2) is 0 Å². The van der Waals surface area contributed by atoms with Crippen LogP contribution < -0.4 is 5.32 Å². The second-order valence-corrected chi connectivity index (χ2v) is 5.37. The Morgan fingerprint density at radius 2 is 1.95 bits per heavy atom. The smallest absolute Gasteiger partial charge is 0.219 e. The summed E-state index contributed by atoms with van der Waals surface area (Å²) >= 11 is 0. The molecule has 1 N–H and O–H groups in total. The summed E-state index contributed by atoms with van der Waals surface area (Å²) in [6.45, 7) is 9.31.